The van der Waals surface area contributed by atoms with Gasteiger partial charge >= 0.3 is 5.97 Å². The number of carboxylic acids is 1. The second-order valence-electron chi connectivity index (χ2n) is 4.32. The molecular weight excluding hydrogens is 260 g/mol. The third-order valence-corrected chi connectivity index (χ3v) is 2.69. The van der Waals surface area contributed by atoms with E-state index in [0.717, 1.165) is 5.56 Å². The third-order valence-electron chi connectivity index (χ3n) is 2.69. The number of benzene rings is 1. The predicted molar refractivity (Wildman–Crippen MR) is 74.2 cm³/mol. The molecule has 0 heterocycles. The molecule has 6 heteroatoms. The fourth-order valence-electron chi connectivity index (χ4n) is 1.70. The van der Waals surface area contributed by atoms with Gasteiger partial charge in [0.25, 0.3) is 0 Å². The second kappa shape index (κ2) is 9.06. The number of nitrogens with two attached hydrogens (primary N) is 1. The number of hydrogen-bond acceptors (Lipinski definition) is 4. The van der Waals surface area contributed by atoms with Crippen molar-refractivity contribution in [2.24, 2.45) is 5.73 Å². The molecule has 110 valence electrons. The van der Waals surface area contributed by atoms with Crippen LogP contribution in [0.4, 0.5) is 0 Å². The van der Waals surface area contributed by atoms with Crippen molar-refractivity contribution < 1.29 is 19.4 Å². The largest absolute Gasteiger partial charge is 0.480 e. The number of rotatable bonds is 9. The summed E-state index contributed by atoms with van der Waals surface area (Å²) in [5, 5.41) is 11.5. The van der Waals surface area contributed by atoms with Crippen LogP contribution < -0.4 is 11.1 Å². The highest BCUT2D eigenvalue weighted by Gasteiger charge is 2.19. The zero-order valence-electron chi connectivity index (χ0n) is 11.2. The van der Waals surface area contributed by atoms with Gasteiger partial charge in [-0.1, -0.05) is 30.3 Å². The van der Waals surface area contributed by atoms with Crippen molar-refractivity contribution in [2.45, 2.75) is 18.9 Å². The standard InChI is InChI=1S/C14H20N2O4/c15-8-9-20-10-13(17)16-12(14(18)19)7-6-11-4-2-1-3-5-11/h1-5,12H,6-10,15H2,(H,16,17)(H,18,19). The Morgan fingerprint density at radius 2 is 2.00 bits per heavy atom. The molecule has 1 unspecified atom stereocenters. The Morgan fingerprint density at radius 1 is 1.30 bits per heavy atom. The second-order valence-corrected chi connectivity index (χ2v) is 4.32. The van der Waals surface area contributed by atoms with Crippen LogP contribution in [0.5, 0.6) is 0 Å². The number of aliphatic carboxylic acids is 1. The maximum absolute atomic E-state index is 11.5. The summed E-state index contributed by atoms with van der Waals surface area (Å²) >= 11 is 0. The zero-order valence-corrected chi connectivity index (χ0v) is 11.2. The topological polar surface area (TPSA) is 102 Å². The van der Waals surface area contributed by atoms with Crippen molar-refractivity contribution in [1.29, 1.82) is 0 Å². The van der Waals surface area contributed by atoms with Crippen LogP contribution in [-0.2, 0) is 20.7 Å². The Balaban J connectivity index is 2.40. The van der Waals surface area contributed by atoms with E-state index in [4.69, 9.17) is 15.6 Å². The normalized spacial score (nSPS) is 11.8. The van der Waals surface area contributed by atoms with Crippen molar-refractivity contribution >= 4 is 11.9 Å². The van der Waals surface area contributed by atoms with E-state index in [9.17, 15) is 9.59 Å². The molecule has 0 spiro atoms. The van der Waals surface area contributed by atoms with Crippen LogP contribution in [0.3, 0.4) is 0 Å². The number of hydrogen-bond donors (Lipinski definition) is 3. The quantitative estimate of drug-likeness (QED) is 0.559. The number of aryl methyl sites for hydroxylation is 1. The van der Waals surface area contributed by atoms with E-state index >= 15 is 0 Å². The molecule has 0 bridgehead atoms. The number of carbonyl (C=O) groups is 2. The van der Waals surface area contributed by atoms with Gasteiger partial charge in [-0.15, -0.1) is 0 Å². The molecule has 0 saturated heterocycles. The molecule has 1 rings (SSSR count). The maximum Gasteiger partial charge on any atom is 0.326 e. The van der Waals surface area contributed by atoms with E-state index < -0.39 is 17.9 Å². The maximum atomic E-state index is 11.5. The van der Waals surface area contributed by atoms with Gasteiger partial charge < -0.3 is 20.9 Å². The van der Waals surface area contributed by atoms with E-state index in [1.54, 1.807) is 0 Å². The Hall–Kier alpha value is -1.92. The van der Waals surface area contributed by atoms with E-state index in [2.05, 4.69) is 5.32 Å². The molecule has 1 aromatic carbocycles. The monoisotopic (exact) mass is 280 g/mol. The number of carboxylic acid groups (broad SMARTS) is 1. The van der Waals surface area contributed by atoms with Crippen molar-refractivity contribution in [1.82, 2.24) is 5.32 Å². The van der Waals surface area contributed by atoms with Gasteiger partial charge in [-0.2, -0.15) is 0 Å². The van der Waals surface area contributed by atoms with E-state index in [0.29, 0.717) is 19.4 Å². The van der Waals surface area contributed by atoms with Gasteiger partial charge in [-0.05, 0) is 18.4 Å². The van der Waals surface area contributed by atoms with Crippen LogP contribution in [0.25, 0.3) is 0 Å². The van der Waals surface area contributed by atoms with Crippen molar-refractivity contribution in [3.8, 4) is 0 Å². The van der Waals surface area contributed by atoms with Gasteiger partial charge in [0.2, 0.25) is 5.91 Å². The third kappa shape index (κ3) is 6.31. The summed E-state index contributed by atoms with van der Waals surface area (Å²) in [6, 6.07) is 8.61. The molecule has 4 N–H and O–H groups in total. The van der Waals surface area contributed by atoms with Crippen molar-refractivity contribution in [3.05, 3.63) is 35.9 Å². The summed E-state index contributed by atoms with van der Waals surface area (Å²) in [5.41, 5.74) is 6.26. The highest BCUT2D eigenvalue weighted by Crippen LogP contribution is 2.05. The number of carbonyl (C=O) groups excluding carboxylic acids is 1. The first-order chi connectivity index (χ1) is 9.63. The first-order valence-electron chi connectivity index (χ1n) is 6.47. The Morgan fingerprint density at radius 3 is 2.60 bits per heavy atom. The molecule has 6 nitrogen and oxygen atoms in total. The van der Waals surface area contributed by atoms with Gasteiger partial charge in [0.05, 0.1) is 6.61 Å². The molecule has 0 saturated carbocycles. The van der Waals surface area contributed by atoms with Gasteiger partial charge in [0, 0.05) is 6.54 Å². The highest BCUT2D eigenvalue weighted by atomic mass is 16.5. The van der Waals surface area contributed by atoms with Gasteiger partial charge in [0.15, 0.2) is 0 Å². The average molecular weight is 280 g/mol. The summed E-state index contributed by atoms with van der Waals surface area (Å²) in [4.78, 5) is 22.6. The number of nitrogens with one attached hydrogen (secondary N) is 1. The Labute approximate surface area is 117 Å². The fraction of sp³-hybridized carbons (Fsp3) is 0.429. The lowest BCUT2D eigenvalue weighted by molar-refractivity contribution is -0.142. The summed E-state index contributed by atoms with van der Waals surface area (Å²) in [6.07, 6.45) is 0.920. The minimum absolute atomic E-state index is 0.174. The molecule has 0 radical (unpaired) electrons. The molecule has 0 aliphatic rings. The van der Waals surface area contributed by atoms with Gasteiger partial charge in [0.1, 0.15) is 12.6 Å². The lowest BCUT2D eigenvalue weighted by Gasteiger charge is -2.14. The van der Waals surface area contributed by atoms with Crippen LogP contribution >= 0.6 is 0 Å². The molecule has 1 atom stereocenters. The molecule has 1 amide bonds. The Bertz CT molecular complexity index is 422. The highest BCUT2D eigenvalue weighted by molar-refractivity contribution is 5.84. The predicted octanol–water partition coefficient (Wildman–Crippen LogP) is 0.164. The summed E-state index contributed by atoms with van der Waals surface area (Å²) in [7, 11) is 0. The lowest BCUT2D eigenvalue weighted by Crippen LogP contribution is -2.42. The fourth-order valence-corrected chi connectivity index (χ4v) is 1.70. The lowest BCUT2D eigenvalue weighted by atomic mass is 10.1. The number of amides is 1. The smallest absolute Gasteiger partial charge is 0.326 e. The minimum atomic E-state index is -1.05. The molecule has 1 aromatic rings. The summed E-state index contributed by atoms with van der Waals surface area (Å²) in [6.45, 7) is 0.422. The van der Waals surface area contributed by atoms with Crippen molar-refractivity contribution in [2.75, 3.05) is 19.8 Å². The van der Waals surface area contributed by atoms with Crippen LogP contribution in [-0.4, -0.2) is 42.8 Å². The molecule has 20 heavy (non-hydrogen) atoms. The van der Waals surface area contributed by atoms with E-state index in [1.165, 1.54) is 0 Å². The van der Waals surface area contributed by atoms with E-state index in [-0.39, 0.29) is 13.2 Å². The number of ether oxygens (including phenoxy) is 1. The summed E-state index contributed by atoms with van der Waals surface area (Å²) in [5.74, 6) is -1.49. The van der Waals surface area contributed by atoms with Crippen LogP contribution in [0.15, 0.2) is 30.3 Å². The summed E-state index contributed by atoms with van der Waals surface area (Å²) < 4.78 is 4.96. The van der Waals surface area contributed by atoms with Crippen LogP contribution in [0.2, 0.25) is 0 Å². The first-order valence-corrected chi connectivity index (χ1v) is 6.47. The van der Waals surface area contributed by atoms with Gasteiger partial charge in [-0.25, -0.2) is 4.79 Å². The minimum Gasteiger partial charge on any atom is -0.480 e. The van der Waals surface area contributed by atoms with E-state index in [1.807, 2.05) is 30.3 Å². The molecule has 0 fully saturated rings. The zero-order chi connectivity index (χ0) is 14.8. The molecule has 0 aliphatic heterocycles. The van der Waals surface area contributed by atoms with Crippen LogP contribution in [0.1, 0.15) is 12.0 Å². The molecule has 0 aliphatic carbocycles. The molecule has 0 aromatic heterocycles. The average Bonchev–Trinajstić information content (AvgIpc) is 2.44. The SMILES string of the molecule is NCCOCC(=O)NC(CCc1ccccc1)C(=O)O. The molecular formula is C14H20N2O4. The van der Waals surface area contributed by atoms with Crippen LogP contribution in [0, 0.1) is 0 Å². The van der Waals surface area contributed by atoms with Crippen molar-refractivity contribution in [3.63, 3.8) is 0 Å². The van der Waals surface area contributed by atoms with Gasteiger partial charge in [-0.3, -0.25) is 4.79 Å². The first kappa shape index (κ1) is 16.1. The Kier molecular flexibility index (Phi) is 7.31.